The topological polar surface area (TPSA) is 150 Å². The summed E-state index contributed by atoms with van der Waals surface area (Å²) >= 11 is 5.99. The highest BCUT2D eigenvalue weighted by Crippen LogP contribution is 2.27. The number of imide groups is 1. The smallest absolute Gasteiger partial charge is 0.261 e. The maximum absolute atomic E-state index is 13.2. The van der Waals surface area contributed by atoms with Crippen molar-refractivity contribution in [2.75, 3.05) is 27.3 Å². The Bertz CT molecular complexity index is 1480. The average Bonchev–Trinajstić information content (AvgIpc) is 3.22. The monoisotopic (exact) mass is 591 g/mol. The summed E-state index contributed by atoms with van der Waals surface area (Å²) in [5.74, 6) is -1.17. The zero-order valence-corrected chi connectivity index (χ0v) is 23.8. The number of hydrogen-bond donors (Lipinski definition) is 4. The Morgan fingerprint density at radius 2 is 1.52 bits per heavy atom. The first-order valence-corrected chi connectivity index (χ1v) is 13.4. The SMILES string of the molecule is COc1ccc(CC(=O)NC(=N)N[C@@H](Cc2ccc(Cl)cc2)C(=O)NCCN2C(=O)c3ccccc3C2=O)cc1OC. The van der Waals surface area contributed by atoms with E-state index in [1.807, 2.05) is 0 Å². The Hall–Kier alpha value is -4.90. The van der Waals surface area contributed by atoms with Crippen LogP contribution >= 0.6 is 11.6 Å². The number of benzene rings is 3. The van der Waals surface area contributed by atoms with Crippen molar-refractivity contribution in [2.24, 2.45) is 0 Å². The van der Waals surface area contributed by atoms with Gasteiger partial charge in [0.25, 0.3) is 11.8 Å². The minimum Gasteiger partial charge on any atom is -0.493 e. The predicted molar refractivity (Wildman–Crippen MR) is 156 cm³/mol. The summed E-state index contributed by atoms with van der Waals surface area (Å²) in [7, 11) is 3.01. The third kappa shape index (κ3) is 7.24. The van der Waals surface area contributed by atoms with Gasteiger partial charge in [0.05, 0.1) is 31.8 Å². The number of nitrogens with one attached hydrogen (secondary N) is 4. The number of carbonyl (C=O) groups excluding carboxylic acids is 4. The Kier molecular flexibility index (Phi) is 9.77. The van der Waals surface area contributed by atoms with Crippen molar-refractivity contribution in [1.29, 1.82) is 5.41 Å². The molecule has 3 aromatic carbocycles. The molecule has 11 nitrogen and oxygen atoms in total. The van der Waals surface area contributed by atoms with Gasteiger partial charge in [0, 0.05) is 24.5 Å². The summed E-state index contributed by atoms with van der Waals surface area (Å²) in [6.45, 7) is -0.0205. The second-order valence-corrected chi connectivity index (χ2v) is 9.85. The predicted octanol–water partition coefficient (Wildman–Crippen LogP) is 2.56. The van der Waals surface area contributed by atoms with Gasteiger partial charge in [0.1, 0.15) is 6.04 Å². The fourth-order valence-corrected chi connectivity index (χ4v) is 4.62. The molecule has 1 aliphatic heterocycles. The van der Waals surface area contributed by atoms with E-state index in [1.54, 1.807) is 66.7 Å². The highest BCUT2D eigenvalue weighted by Gasteiger charge is 2.34. The first kappa shape index (κ1) is 30.1. The molecule has 0 aliphatic carbocycles. The molecular formula is C30H30ClN5O6. The molecule has 4 rings (SSSR count). The summed E-state index contributed by atoms with van der Waals surface area (Å²) in [5, 5.41) is 16.8. The summed E-state index contributed by atoms with van der Waals surface area (Å²) in [5.41, 5.74) is 2.06. The molecule has 0 fully saturated rings. The minimum absolute atomic E-state index is 0.00208. The molecule has 0 unspecified atom stereocenters. The van der Waals surface area contributed by atoms with Crippen LogP contribution in [0.15, 0.2) is 66.7 Å². The number of guanidine groups is 1. The standard InChI is InChI=1S/C30H30ClN5O6/c1-41-24-12-9-19(16-25(24)42-2)17-26(37)35-30(32)34-23(15-18-7-10-20(31)11-8-18)27(38)33-13-14-36-28(39)21-5-3-4-6-22(21)29(36)40/h3-12,16,23H,13-15,17H2,1-2H3,(H,33,38)(H3,32,34,35,37)/t23-/m0/s1. The van der Waals surface area contributed by atoms with Crippen LogP contribution in [0.3, 0.4) is 0 Å². The van der Waals surface area contributed by atoms with Gasteiger partial charge in [-0.2, -0.15) is 0 Å². The lowest BCUT2D eigenvalue weighted by Crippen LogP contribution is -2.53. The molecule has 3 aromatic rings. The van der Waals surface area contributed by atoms with E-state index in [0.29, 0.717) is 33.2 Å². The van der Waals surface area contributed by atoms with Gasteiger partial charge in [-0.15, -0.1) is 0 Å². The van der Waals surface area contributed by atoms with Crippen molar-refractivity contribution >= 4 is 41.2 Å². The highest BCUT2D eigenvalue weighted by atomic mass is 35.5. The number of fused-ring (bicyclic) bond motifs is 1. The fourth-order valence-electron chi connectivity index (χ4n) is 4.49. The van der Waals surface area contributed by atoms with Crippen LogP contribution in [0.1, 0.15) is 31.8 Å². The second kappa shape index (κ2) is 13.6. The number of nitrogens with zero attached hydrogens (tertiary/aromatic N) is 1. The fraction of sp³-hybridized carbons (Fsp3) is 0.233. The molecule has 0 radical (unpaired) electrons. The molecule has 0 spiro atoms. The van der Waals surface area contributed by atoms with E-state index in [9.17, 15) is 19.2 Å². The third-order valence-electron chi connectivity index (χ3n) is 6.58. The van der Waals surface area contributed by atoms with Gasteiger partial charge in [-0.1, -0.05) is 41.9 Å². The Labute approximate surface area is 247 Å². The largest absolute Gasteiger partial charge is 0.493 e. The van der Waals surface area contributed by atoms with E-state index in [-0.39, 0.29) is 31.9 Å². The van der Waals surface area contributed by atoms with Crippen molar-refractivity contribution in [3.05, 3.63) is 94.0 Å². The van der Waals surface area contributed by atoms with Crippen molar-refractivity contribution in [2.45, 2.75) is 18.9 Å². The van der Waals surface area contributed by atoms with Gasteiger partial charge in [0.15, 0.2) is 17.5 Å². The zero-order valence-electron chi connectivity index (χ0n) is 23.0. The molecule has 0 aromatic heterocycles. The molecule has 42 heavy (non-hydrogen) atoms. The van der Waals surface area contributed by atoms with Crippen LogP contribution in [0.2, 0.25) is 5.02 Å². The van der Waals surface area contributed by atoms with E-state index in [4.69, 9.17) is 26.5 Å². The highest BCUT2D eigenvalue weighted by molar-refractivity contribution is 6.30. The van der Waals surface area contributed by atoms with E-state index in [2.05, 4.69) is 16.0 Å². The molecule has 218 valence electrons. The van der Waals surface area contributed by atoms with Gasteiger partial charge in [-0.25, -0.2) is 0 Å². The van der Waals surface area contributed by atoms with Crippen LogP contribution in [-0.2, 0) is 22.4 Å². The van der Waals surface area contributed by atoms with E-state index in [1.165, 1.54) is 14.2 Å². The molecule has 0 saturated heterocycles. The normalized spacial score (nSPS) is 12.8. The number of hydrogen-bond acceptors (Lipinski definition) is 7. The quantitative estimate of drug-likeness (QED) is 0.152. The maximum atomic E-state index is 13.2. The van der Waals surface area contributed by atoms with Crippen molar-refractivity contribution < 1.29 is 28.7 Å². The van der Waals surface area contributed by atoms with Crippen LogP contribution in [0.4, 0.5) is 0 Å². The summed E-state index contributed by atoms with van der Waals surface area (Å²) in [4.78, 5) is 52.2. The zero-order chi connectivity index (χ0) is 30.2. The van der Waals surface area contributed by atoms with Gasteiger partial charge < -0.3 is 20.1 Å². The van der Waals surface area contributed by atoms with Gasteiger partial charge in [-0.05, 0) is 47.5 Å². The van der Waals surface area contributed by atoms with Crippen molar-refractivity contribution in [3.8, 4) is 11.5 Å². The molecule has 1 atom stereocenters. The molecule has 0 saturated carbocycles. The summed E-state index contributed by atoms with van der Waals surface area (Å²) in [6.07, 6.45) is 0.128. The van der Waals surface area contributed by atoms with E-state index in [0.717, 1.165) is 10.5 Å². The van der Waals surface area contributed by atoms with E-state index < -0.39 is 29.7 Å². The van der Waals surface area contributed by atoms with Crippen molar-refractivity contribution in [3.63, 3.8) is 0 Å². The molecule has 1 heterocycles. The number of amides is 4. The number of rotatable bonds is 11. The van der Waals surface area contributed by atoms with Crippen LogP contribution in [-0.4, -0.2) is 67.8 Å². The number of methoxy groups -OCH3 is 2. The molecule has 1 aliphatic rings. The lowest BCUT2D eigenvalue weighted by molar-refractivity contribution is -0.123. The first-order valence-electron chi connectivity index (χ1n) is 13.0. The van der Waals surface area contributed by atoms with Gasteiger partial charge in [0.2, 0.25) is 11.8 Å². The number of halogens is 1. The van der Waals surface area contributed by atoms with Crippen molar-refractivity contribution in [1.82, 2.24) is 20.9 Å². The first-order chi connectivity index (χ1) is 20.2. The number of ether oxygens (including phenoxy) is 2. The summed E-state index contributed by atoms with van der Waals surface area (Å²) < 4.78 is 10.5. The molecular weight excluding hydrogens is 562 g/mol. The average molecular weight is 592 g/mol. The molecule has 0 bridgehead atoms. The summed E-state index contributed by atoms with van der Waals surface area (Å²) in [6, 6.07) is 17.5. The van der Waals surface area contributed by atoms with Crippen LogP contribution in [0.25, 0.3) is 0 Å². The Morgan fingerprint density at radius 3 is 2.14 bits per heavy atom. The Morgan fingerprint density at radius 1 is 0.905 bits per heavy atom. The molecule has 12 heteroatoms. The Balaban J connectivity index is 1.37. The third-order valence-corrected chi connectivity index (χ3v) is 6.83. The lowest BCUT2D eigenvalue weighted by atomic mass is 10.1. The van der Waals surface area contributed by atoms with Gasteiger partial charge in [-0.3, -0.25) is 34.8 Å². The molecule has 4 N–H and O–H groups in total. The second-order valence-electron chi connectivity index (χ2n) is 9.42. The van der Waals surface area contributed by atoms with Crippen LogP contribution in [0.5, 0.6) is 11.5 Å². The molecule has 4 amide bonds. The van der Waals surface area contributed by atoms with Crippen LogP contribution < -0.4 is 25.4 Å². The number of carbonyl (C=O) groups is 4. The van der Waals surface area contributed by atoms with Crippen LogP contribution in [0, 0.1) is 5.41 Å². The maximum Gasteiger partial charge on any atom is 0.261 e. The van der Waals surface area contributed by atoms with E-state index >= 15 is 0 Å². The lowest BCUT2D eigenvalue weighted by Gasteiger charge is -2.21. The minimum atomic E-state index is -0.956. The van der Waals surface area contributed by atoms with Gasteiger partial charge >= 0.3 is 0 Å².